The Bertz CT molecular complexity index is 3450. The number of allylic oxidation sites excluding steroid dienone is 2. The van der Waals surface area contributed by atoms with Crippen molar-refractivity contribution in [3.05, 3.63) is 230 Å². The van der Waals surface area contributed by atoms with Crippen LogP contribution in [0.1, 0.15) is 48.1 Å². The second-order valence-electron chi connectivity index (χ2n) is 17.8. The zero-order valence-electron chi connectivity index (χ0n) is 40.5. The van der Waals surface area contributed by atoms with Crippen molar-refractivity contribution in [2.24, 2.45) is 5.92 Å². The molecule has 4 heteroatoms. The lowest BCUT2D eigenvalue weighted by atomic mass is 9.71. The predicted molar refractivity (Wildman–Crippen MR) is 281 cm³/mol. The highest BCUT2D eigenvalue weighted by Crippen LogP contribution is 2.46. The van der Waals surface area contributed by atoms with E-state index in [1.807, 2.05) is 48.5 Å². The number of nitrogens with zero attached hydrogens (tertiary/aromatic N) is 2. The molecule has 0 aliphatic heterocycles. The molecule has 2 aromatic heterocycles. The second-order valence-corrected chi connectivity index (χ2v) is 17.8. The largest absolute Gasteiger partial charge is 0.512 e. The number of pyridine rings is 2. The molecule has 1 aliphatic rings. The Morgan fingerprint density at radius 2 is 0.882 bits per heavy atom. The molecule has 328 valence electrons. The number of carbonyl (C=O) groups is 1. The van der Waals surface area contributed by atoms with Crippen molar-refractivity contribution < 1.29 is 14.0 Å². The number of carbonyl (C=O) groups excluding carboxylic acids is 1. The van der Waals surface area contributed by atoms with Crippen molar-refractivity contribution in [1.82, 2.24) is 9.97 Å². The number of hydrogen-bond donors (Lipinski definition) is 1. The van der Waals surface area contributed by atoms with Gasteiger partial charge in [0.1, 0.15) is 0 Å². The molecule has 0 radical (unpaired) electrons. The van der Waals surface area contributed by atoms with Gasteiger partial charge in [-0.15, -0.1) is 0 Å². The lowest BCUT2D eigenvalue weighted by molar-refractivity contribution is -0.119. The molecule has 11 rings (SSSR count). The van der Waals surface area contributed by atoms with Gasteiger partial charge in [0.15, 0.2) is 5.78 Å². The molecule has 0 amide bonds. The summed E-state index contributed by atoms with van der Waals surface area (Å²) in [5.74, 6) is -1.86. The van der Waals surface area contributed by atoms with Gasteiger partial charge in [-0.2, -0.15) is 0 Å². The standard InChI is InChI=1S/C64H50N2O2/c1-42(67)38-64(68)59-23-11-10-22-58(59)57-21-9-8-20-56(57)51-40-49(54-18-6-4-16-52(54)43-26-30-47(31-27-43)62-36-34-45-14-2-12-24-60(45)65-62)39-50(41-51)55-19-7-5-17-53(55)44-28-32-48(33-29-44)63-37-35-46-15-3-13-25-61(46)66-63/h2-9,12-21,24-41,58-59,67H,10-11,22-23H2,1H3/i1D3. The quantitative estimate of drug-likeness (QED) is 0.110. The summed E-state index contributed by atoms with van der Waals surface area (Å²) >= 11 is 0. The van der Waals surface area contributed by atoms with Crippen LogP contribution in [0.3, 0.4) is 0 Å². The molecule has 68 heavy (non-hydrogen) atoms. The molecule has 4 nitrogen and oxygen atoms in total. The van der Waals surface area contributed by atoms with Gasteiger partial charge in [0, 0.05) is 38.0 Å². The number of aromatic nitrogens is 2. The van der Waals surface area contributed by atoms with Crippen LogP contribution in [-0.4, -0.2) is 20.9 Å². The summed E-state index contributed by atoms with van der Waals surface area (Å²) in [5, 5.41) is 12.7. The first-order chi connectivity index (χ1) is 34.6. The Morgan fingerprint density at radius 1 is 0.471 bits per heavy atom. The van der Waals surface area contributed by atoms with Crippen LogP contribution >= 0.6 is 0 Å². The second kappa shape index (κ2) is 18.6. The monoisotopic (exact) mass is 881 g/mol. The van der Waals surface area contributed by atoms with Crippen molar-refractivity contribution in [3.8, 4) is 78.1 Å². The molecule has 1 N–H and O–H groups in total. The van der Waals surface area contributed by atoms with Crippen LogP contribution in [0.2, 0.25) is 0 Å². The van der Waals surface area contributed by atoms with Crippen LogP contribution < -0.4 is 0 Å². The Hall–Kier alpha value is -8.21. The van der Waals surface area contributed by atoms with Crippen molar-refractivity contribution >= 4 is 27.6 Å². The van der Waals surface area contributed by atoms with Crippen LogP contribution in [0.25, 0.3) is 100.0 Å². The fourth-order valence-electron chi connectivity index (χ4n) is 10.3. The molecule has 1 aliphatic carbocycles. The minimum Gasteiger partial charge on any atom is -0.512 e. The number of ketones is 1. The maximum Gasteiger partial charge on any atom is 0.162 e. The van der Waals surface area contributed by atoms with E-state index in [1.165, 1.54) is 0 Å². The van der Waals surface area contributed by atoms with Gasteiger partial charge in [-0.25, -0.2) is 9.97 Å². The highest BCUT2D eigenvalue weighted by Gasteiger charge is 2.32. The van der Waals surface area contributed by atoms with Crippen LogP contribution in [0.4, 0.5) is 0 Å². The molecule has 1 saturated carbocycles. The summed E-state index contributed by atoms with van der Waals surface area (Å²) in [4.78, 5) is 23.9. The van der Waals surface area contributed by atoms with E-state index < -0.39 is 18.5 Å². The van der Waals surface area contributed by atoms with Gasteiger partial charge < -0.3 is 5.11 Å². The number of aliphatic hydroxyl groups is 1. The third-order valence-electron chi connectivity index (χ3n) is 13.7. The van der Waals surface area contributed by atoms with Crippen LogP contribution in [0, 0.1) is 5.92 Å². The number of para-hydroxylation sites is 2. The summed E-state index contributed by atoms with van der Waals surface area (Å²) in [5.41, 5.74) is 17.5. The average Bonchev–Trinajstić information content (AvgIpc) is 3.42. The number of fused-ring (bicyclic) bond motifs is 2. The molecule has 8 aromatic carbocycles. The minimum atomic E-state index is -2.76. The van der Waals surface area contributed by atoms with Gasteiger partial charge >= 0.3 is 0 Å². The molecule has 10 aromatic rings. The molecular formula is C64H50N2O2. The van der Waals surface area contributed by atoms with Gasteiger partial charge in [-0.05, 0) is 129 Å². The summed E-state index contributed by atoms with van der Waals surface area (Å²) in [6, 6.07) is 74.3. The molecule has 2 unspecified atom stereocenters. The molecule has 0 saturated heterocycles. The molecular weight excluding hydrogens is 829 g/mol. The highest BCUT2D eigenvalue weighted by atomic mass is 16.3. The summed E-state index contributed by atoms with van der Waals surface area (Å²) in [6.45, 7) is -2.76. The maximum absolute atomic E-state index is 13.9. The zero-order chi connectivity index (χ0) is 48.5. The van der Waals surface area contributed by atoms with Gasteiger partial charge in [0.25, 0.3) is 0 Å². The van der Waals surface area contributed by atoms with E-state index in [0.717, 1.165) is 131 Å². The lowest BCUT2D eigenvalue weighted by Crippen LogP contribution is -2.25. The Kier molecular flexibility index (Phi) is 10.7. The van der Waals surface area contributed by atoms with Crippen molar-refractivity contribution in [2.45, 2.75) is 38.5 Å². The van der Waals surface area contributed by atoms with E-state index >= 15 is 0 Å². The minimum absolute atomic E-state index is 0.175. The molecule has 0 spiro atoms. The molecule has 0 bridgehead atoms. The van der Waals surface area contributed by atoms with Crippen molar-refractivity contribution in [3.63, 3.8) is 0 Å². The topological polar surface area (TPSA) is 63.1 Å². The first-order valence-electron chi connectivity index (χ1n) is 25.0. The van der Waals surface area contributed by atoms with Crippen LogP contribution in [-0.2, 0) is 4.79 Å². The third-order valence-corrected chi connectivity index (χ3v) is 13.7. The van der Waals surface area contributed by atoms with E-state index in [9.17, 15) is 9.90 Å². The first kappa shape index (κ1) is 39.0. The van der Waals surface area contributed by atoms with E-state index in [-0.39, 0.29) is 11.7 Å². The number of aliphatic hydroxyl groups excluding tert-OH is 1. The van der Waals surface area contributed by atoms with Crippen molar-refractivity contribution in [2.75, 3.05) is 0 Å². The van der Waals surface area contributed by atoms with Crippen LogP contribution in [0.5, 0.6) is 0 Å². The zero-order valence-corrected chi connectivity index (χ0v) is 37.5. The number of benzene rings is 8. The molecule has 1 fully saturated rings. The average molecular weight is 882 g/mol. The lowest BCUT2D eigenvalue weighted by Gasteiger charge is -2.32. The highest BCUT2D eigenvalue weighted by molar-refractivity contribution is 5.95. The van der Waals surface area contributed by atoms with E-state index in [0.29, 0.717) is 6.42 Å². The van der Waals surface area contributed by atoms with Gasteiger partial charge in [0.2, 0.25) is 0 Å². The number of rotatable bonds is 10. The smallest absolute Gasteiger partial charge is 0.162 e. The predicted octanol–water partition coefficient (Wildman–Crippen LogP) is 16.8. The molecule has 2 heterocycles. The van der Waals surface area contributed by atoms with E-state index in [2.05, 4.69) is 164 Å². The fraction of sp³-hybridized carbons (Fsp3) is 0.109. The fourth-order valence-corrected chi connectivity index (χ4v) is 10.3. The van der Waals surface area contributed by atoms with E-state index in [1.54, 1.807) is 0 Å². The van der Waals surface area contributed by atoms with Gasteiger partial charge in [0.05, 0.1) is 28.2 Å². The van der Waals surface area contributed by atoms with Gasteiger partial charge in [-0.3, -0.25) is 4.79 Å². The van der Waals surface area contributed by atoms with Crippen LogP contribution in [0.15, 0.2) is 224 Å². The maximum atomic E-state index is 13.9. The normalized spacial score (nSPS) is 15.9. The first-order valence-corrected chi connectivity index (χ1v) is 23.5. The number of hydrogen-bond acceptors (Lipinski definition) is 4. The Balaban J connectivity index is 1.03. The van der Waals surface area contributed by atoms with Crippen molar-refractivity contribution in [1.29, 1.82) is 0 Å². The summed E-state index contributed by atoms with van der Waals surface area (Å²) < 4.78 is 23.2. The Labute approximate surface area is 402 Å². The SMILES string of the molecule is [2H]C([2H])([2H])C(O)=CC(=O)C1CCCCC1c1ccccc1-c1cc(-c2ccccc2-c2ccc(-c3ccc4ccccc4n3)cc2)cc(-c2ccccc2-c2ccc(-c3ccc4ccccc4n3)cc2)c1. The third kappa shape index (κ3) is 8.53. The molecule has 2 atom stereocenters. The Morgan fingerprint density at radius 3 is 1.40 bits per heavy atom. The summed E-state index contributed by atoms with van der Waals surface area (Å²) in [7, 11) is 0. The van der Waals surface area contributed by atoms with Gasteiger partial charge in [-0.1, -0.05) is 183 Å². The summed E-state index contributed by atoms with van der Waals surface area (Å²) in [6.07, 6.45) is 4.11. The van der Waals surface area contributed by atoms with E-state index in [4.69, 9.17) is 14.1 Å².